The van der Waals surface area contributed by atoms with Gasteiger partial charge < -0.3 is 15.2 Å². The predicted octanol–water partition coefficient (Wildman–Crippen LogP) is 4.51. The summed E-state index contributed by atoms with van der Waals surface area (Å²) in [6, 6.07) is 2.04. The number of H-pyrrole nitrogens is 1. The number of benzene rings is 1. The molecule has 0 spiro atoms. The van der Waals surface area contributed by atoms with Crippen LogP contribution >= 0.6 is 11.8 Å². The minimum atomic E-state index is -1.59. The van der Waals surface area contributed by atoms with Crippen LogP contribution in [0.4, 0.5) is 8.78 Å². The van der Waals surface area contributed by atoms with Crippen LogP contribution in [-0.4, -0.2) is 49.2 Å². The lowest BCUT2D eigenvalue weighted by Crippen LogP contribution is -2.61. The molecule has 1 aromatic heterocycles. The Morgan fingerprint density at radius 1 is 1.24 bits per heavy atom. The second kappa shape index (κ2) is 8.32. The van der Waals surface area contributed by atoms with E-state index in [0.717, 1.165) is 42.3 Å². The van der Waals surface area contributed by atoms with E-state index in [0.29, 0.717) is 29.9 Å². The van der Waals surface area contributed by atoms with Gasteiger partial charge >= 0.3 is 0 Å². The molecule has 3 N–H and O–H groups in total. The smallest absolute Gasteiger partial charge is 0.178 e. The average molecular weight is 529 g/mol. The largest absolute Gasteiger partial charge is 0.393 e. The van der Waals surface area contributed by atoms with Crippen molar-refractivity contribution in [3.05, 3.63) is 47.6 Å². The third-order valence-electron chi connectivity index (χ3n) is 9.95. The summed E-state index contributed by atoms with van der Waals surface area (Å²) in [5.41, 5.74) is -1.11. The number of halogens is 2. The van der Waals surface area contributed by atoms with Crippen molar-refractivity contribution in [3.63, 3.8) is 0 Å². The highest BCUT2D eigenvalue weighted by molar-refractivity contribution is 7.99. The van der Waals surface area contributed by atoms with Crippen molar-refractivity contribution in [3.8, 4) is 0 Å². The molecule has 1 aromatic carbocycles. The van der Waals surface area contributed by atoms with E-state index in [9.17, 15) is 28.6 Å². The Hall–Kier alpha value is -2.36. The van der Waals surface area contributed by atoms with E-state index in [1.807, 2.05) is 13.0 Å². The minimum Gasteiger partial charge on any atom is -0.393 e. The number of aliphatic hydroxyl groups is 2. The standard InChI is InChI=1S/C28H30F2N2O4S/c1-26-7-5-15(33)9-14(26)3-4-16-17-6-8-28(36,27(17,2)12-22(34)24(16)26)23(35)13-37-25-31-20-10-18(29)19(30)11-21(20)32-25/h5,7,9-11,16-17,22,24,34,36H,3-4,6,8,12-13H2,1-2H3,(H,31,32)/t16?,17?,22?,24?,26?,27?,28-/m0/s1. The van der Waals surface area contributed by atoms with E-state index in [1.165, 1.54) is 0 Å². The van der Waals surface area contributed by atoms with Gasteiger partial charge in [0.25, 0.3) is 0 Å². The van der Waals surface area contributed by atoms with Gasteiger partial charge in [-0.15, -0.1) is 0 Å². The number of nitrogens with zero attached hydrogens (tertiary/aromatic N) is 1. The molecule has 6 rings (SSSR count). The number of hydrogen-bond donors (Lipinski definition) is 3. The Balaban J connectivity index is 1.23. The van der Waals surface area contributed by atoms with Crippen molar-refractivity contribution < 1.29 is 28.6 Å². The number of ketones is 2. The van der Waals surface area contributed by atoms with Crippen molar-refractivity contribution in [1.82, 2.24) is 9.97 Å². The van der Waals surface area contributed by atoms with E-state index in [1.54, 1.807) is 12.2 Å². The number of fused-ring (bicyclic) bond motifs is 6. The van der Waals surface area contributed by atoms with Crippen molar-refractivity contribution in [2.45, 2.75) is 62.8 Å². The molecule has 2 aromatic rings. The molecule has 0 bridgehead atoms. The van der Waals surface area contributed by atoms with Crippen molar-refractivity contribution in [1.29, 1.82) is 0 Å². The van der Waals surface area contributed by atoms with Crippen LogP contribution in [-0.2, 0) is 9.59 Å². The number of allylic oxidation sites excluding steroid dienone is 4. The Kier molecular flexibility index (Phi) is 5.61. The van der Waals surface area contributed by atoms with Gasteiger partial charge in [-0.05, 0) is 56.1 Å². The maximum atomic E-state index is 13.6. The number of Topliss-reactive ketones (excluding diaryl/α,β-unsaturated/α-hetero) is 1. The van der Waals surface area contributed by atoms with E-state index in [2.05, 4.69) is 16.9 Å². The molecule has 0 radical (unpaired) electrons. The van der Waals surface area contributed by atoms with Gasteiger partial charge in [0, 0.05) is 28.9 Å². The van der Waals surface area contributed by atoms with Crippen LogP contribution in [0.1, 0.15) is 46.0 Å². The van der Waals surface area contributed by atoms with Crippen LogP contribution in [0.15, 0.2) is 41.1 Å². The van der Waals surface area contributed by atoms with E-state index < -0.39 is 34.2 Å². The molecule has 6 nitrogen and oxygen atoms in total. The monoisotopic (exact) mass is 528 g/mol. The van der Waals surface area contributed by atoms with Gasteiger partial charge in [0.05, 0.1) is 22.9 Å². The Morgan fingerprint density at radius 2 is 2.00 bits per heavy atom. The summed E-state index contributed by atoms with van der Waals surface area (Å²) in [6.45, 7) is 4.03. The normalized spacial score (nSPS) is 38.8. The molecule has 7 atom stereocenters. The number of aromatic nitrogens is 2. The minimum absolute atomic E-state index is 0.0147. The fraction of sp³-hybridized carbons (Fsp3) is 0.536. The van der Waals surface area contributed by atoms with Gasteiger partial charge in [-0.1, -0.05) is 37.3 Å². The highest BCUT2D eigenvalue weighted by atomic mass is 32.2. The summed E-state index contributed by atoms with van der Waals surface area (Å²) >= 11 is 1.10. The number of carbonyl (C=O) groups is 2. The number of aliphatic hydroxyl groups excluding tert-OH is 1. The van der Waals surface area contributed by atoms with Crippen molar-refractivity contribution >= 4 is 34.4 Å². The zero-order valence-corrected chi connectivity index (χ0v) is 21.6. The van der Waals surface area contributed by atoms with Crippen LogP contribution in [0.2, 0.25) is 0 Å². The van der Waals surface area contributed by atoms with Gasteiger partial charge in [-0.25, -0.2) is 13.8 Å². The first-order chi connectivity index (χ1) is 17.5. The highest BCUT2D eigenvalue weighted by Crippen LogP contribution is 2.67. The van der Waals surface area contributed by atoms with E-state index >= 15 is 0 Å². The number of carbonyl (C=O) groups excluding carboxylic acids is 2. The fourth-order valence-electron chi connectivity index (χ4n) is 8.09. The van der Waals surface area contributed by atoms with Crippen LogP contribution in [0.3, 0.4) is 0 Å². The topological polar surface area (TPSA) is 103 Å². The summed E-state index contributed by atoms with van der Waals surface area (Å²) in [6.07, 6.45) is 7.44. The molecule has 1 heterocycles. The second-order valence-corrected chi connectivity index (χ2v) is 12.6. The highest BCUT2D eigenvalue weighted by Gasteiger charge is 2.68. The molecule has 0 aliphatic heterocycles. The number of thioether (sulfide) groups is 1. The number of imidazole rings is 1. The summed E-state index contributed by atoms with van der Waals surface area (Å²) < 4.78 is 27.1. The number of nitrogens with one attached hydrogen (secondary N) is 1. The number of aromatic amines is 1. The van der Waals surface area contributed by atoms with Crippen molar-refractivity contribution in [2.75, 3.05) is 5.75 Å². The van der Waals surface area contributed by atoms with Gasteiger partial charge in [0.2, 0.25) is 0 Å². The van der Waals surface area contributed by atoms with Crippen LogP contribution < -0.4 is 0 Å². The van der Waals surface area contributed by atoms with Gasteiger partial charge in [-0.3, -0.25) is 9.59 Å². The molecule has 196 valence electrons. The first-order valence-electron chi connectivity index (χ1n) is 12.8. The molecule has 37 heavy (non-hydrogen) atoms. The van der Waals surface area contributed by atoms with Gasteiger partial charge in [0.15, 0.2) is 28.4 Å². The molecule has 4 aliphatic carbocycles. The summed E-state index contributed by atoms with van der Waals surface area (Å²) in [4.78, 5) is 32.7. The molecule has 3 fully saturated rings. The third kappa shape index (κ3) is 3.53. The zero-order chi connectivity index (χ0) is 26.3. The Labute approximate surface area is 217 Å². The van der Waals surface area contributed by atoms with E-state index in [-0.39, 0.29) is 40.6 Å². The van der Waals surface area contributed by atoms with Gasteiger partial charge in [0.1, 0.15) is 5.60 Å². The summed E-state index contributed by atoms with van der Waals surface area (Å²) in [5.74, 6) is -2.23. The van der Waals surface area contributed by atoms with Crippen LogP contribution in [0.5, 0.6) is 0 Å². The molecule has 9 heteroatoms. The fourth-order valence-corrected chi connectivity index (χ4v) is 8.94. The number of rotatable bonds is 4. The molecule has 0 saturated heterocycles. The number of hydrogen-bond acceptors (Lipinski definition) is 6. The Morgan fingerprint density at radius 3 is 2.78 bits per heavy atom. The third-order valence-corrected chi connectivity index (χ3v) is 10.8. The molecular weight excluding hydrogens is 498 g/mol. The molecule has 0 amide bonds. The van der Waals surface area contributed by atoms with E-state index in [4.69, 9.17) is 0 Å². The van der Waals surface area contributed by atoms with Crippen molar-refractivity contribution in [2.24, 2.45) is 28.6 Å². The second-order valence-electron chi connectivity index (χ2n) is 11.6. The SMILES string of the molecule is CC12C=CC(=O)C=C1CCC1C2C(O)CC2(C)C1CC[C@]2(O)C(=O)CSc1nc2cc(F)c(F)cc2[nH]1. The zero-order valence-electron chi connectivity index (χ0n) is 20.8. The lowest BCUT2D eigenvalue weighted by molar-refractivity contribution is -0.174. The average Bonchev–Trinajstić information content (AvgIpc) is 3.35. The molecule has 4 aliphatic rings. The summed E-state index contributed by atoms with van der Waals surface area (Å²) in [7, 11) is 0. The lowest BCUT2D eigenvalue weighted by Gasteiger charge is -2.59. The van der Waals surface area contributed by atoms with Crippen LogP contribution in [0, 0.1) is 40.2 Å². The summed E-state index contributed by atoms with van der Waals surface area (Å²) in [5, 5.41) is 23.7. The maximum absolute atomic E-state index is 13.6. The van der Waals surface area contributed by atoms with Gasteiger partial charge in [-0.2, -0.15) is 0 Å². The Bertz CT molecular complexity index is 1350. The predicted molar refractivity (Wildman–Crippen MR) is 135 cm³/mol. The quantitative estimate of drug-likeness (QED) is 0.505. The molecular formula is C28H30F2N2O4S. The van der Waals surface area contributed by atoms with Crippen LogP contribution in [0.25, 0.3) is 11.0 Å². The molecule has 3 saturated carbocycles. The lowest BCUT2D eigenvalue weighted by atomic mass is 9.46. The first-order valence-corrected chi connectivity index (χ1v) is 13.8. The maximum Gasteiger partial charge on any atom is 0.178 e. The first kappa shape index (κ1) is 24.9. The molecule has 6 unspecified atom stereocenters.